The molecule has 6 heteroatoms. The van der Waals surface area contributed by atoms with Crippen LogP contribution in [-0.2, 0) is 6.54 Å². The highest BCUT2D eigenvalue weighted by Crippen LogP contribution is 2.19. The molecular weight excluding hydrogens is 292 g/mol. The number of oxazole rings is 1. The van der Waals surface area contributed by atoms with Gasteiger partial charge in [-0.25, -0.2) is 4.98 Å². The fourth-order valence-electron chi connectivity index (χ4n) is 2.98. The van der Waals surface area contributed by atoms with E-state index in [0.29, 0.717) is 29.7 Å². The number of anilines is 1. The molecule has 1 saturated heterocycles. The number of nitrogens with two attached hydrogens (primary N) is 1. The second kappa shape index (κ2) is 6.83. The summed E-state index contributed by atoms with van der Waals surface area (Å²) in [5, 5.41) is 0. The van der Waals surface area contributed by atoms with E-state index in [1.165, 1.54) is 0 Å². The summed E-state index contributed by atoms with van der Waals surface area (Å²) >= 11 is 0. The monoisotopic (exact) mass is 314 g/mol. The van der Waals surface area contributed by atoms with Crippen LogP contribution in [0.2, 0.25) is 0 Å². The predicted octanol–water partition coefficient (Wildman–Crippen LogP) is 1.99. The van der Waals surface area contributed by atoms with Gasteiger partial charge >= 0.3 is 0 Å². The van der Waals surface area contributed by atoms with Gasteiger partial charge in [0, 0.05) is 30.4 Å². The van der Waals surface area contributed by atoms with E-state index in [9.17, 15) is 4.79 Å². The molecule has 0 radical (unpaired) electrons. The highest BCUT2D eigenvalue weighted by Gasteiger charge is 2.27. The smallest absolute Gasteiger partial charge is 0.253 e. The van der Waals surface area contributed by atoms with E-state index in [-0.39, 0.29) is 5.91 Å². The third kappa shape index (κ3) is 3.71. The third-order valence-corrected chi connectivity index (χ3v) is 4.33. The van der Waals surface area contributed by atoms with E-state index in [1.54, 1.807) is 36.7 Å². The van der Waals surface area contributed by atoms with Gasteiger partial charge in [-0.15, -0.1) is 0 Å². The number of aromatic nitrogens is 1. The first-order chi connectivity index (χ1) is 11.1. The molecule has 1 aromatic heterocycles. The molecule has 1 aromatic carbocycles. The molecule has 0 saturated carbocycles. The van der Waals surface area contributed by atoms with Crippen molar-refractivity contribution in [2.45, 2.75) is 25.4 Å². The second-order valence-corrected chi connectivity index (χ2v) is 6.01. The lowest BCUT2D eigenvalue weighted by atomic mass is 10.0. The molecular formula is C17H22N4O2. The molecule has 0 spiro atoms. The molecule has 1 aliphatic heterocycles. The zero-order chi connectivity index (χ0) is 16.2. The van der Waals surface area contributed by atoms with E-state index in [1.807, 2.05) is 11.9 Å². The molecule has 23 heavy (non-hydrogen) atoms. The molecule has 1 fully saturated rings. The minimum absolute atomic E-state index is 0.0687. The van der Waals surface area contributed by atoms with Crippen LogP contribution in [0.3, 0.4) is 0 Å². The first-order valence-electron chi connectivity index (χ1n) is 7.87. The summed E-state index contributed by atoms with van der Waals surface area (Å²) in [7, 11) is 2.05. The van der Waals surface area contributed by atoms with E-state index >= 15 is 0 Å². The molecule has 1 atom stereocenters. The Morgan fingerprint density at radius 1 is 1.43 bits per heavy atom. The Kier molecular flexibility index (Phi) is 4.62. The molecule has 3 rings (SSSR count). The van der Waals surface area contributed by atoms with Crippen molar-refractivity contribution < 1.29 is 9.21 Å². The van der Waals surface area contributed by atoms with E-state index in [4.69, 9.17) is 10.2 Å². The number of likely N-dealkylation sites (tertiary alicyclic amines) is 1. The predicted molar refractivity (Wildman–Crippen MR) is 87.7 cm³/mol. The van der Waals surface area contributed by atoms with Gasteiger partial charge in [-0.3, -0.25) is 9.69 Å². The maximum absolute atomic E-state index is 12.6. The van der Waals surface area contributed by atoms with Crippen molar-refractivity contribution in [3.63, 3.8) is 0 Å². The normalized spacial score (nSPS) is 18.3. The van der Waals surface area contributed by atoms with E-state index < -0.39 is 0 Å². The molecule has 0 bridgehead atoms. The molecule has 6 nitrogen and oxygen atoms in total. The van der Waals surface area contributed by atoms with Crippen LogP contribution in [0.15, 0.2) is 41.1 Å². The standard InChI is InChI=1S/C17H22N4O2/c1-20(12-16-19-8-10-23-16)15-3-2-9-21(11-15)17(22)13-4-6-14(18)7-5-13/h4-8,10,15H,2-3,9,11-12,18H2,1H3. The largest absolute Gasteiger partial charge is 0.448 e. The van der Waals surface area contributed by atoms with Gasteiger partial charge in [0.2, 0.25) is 5.89 Å². The highest BCUT2D eigenvalue weighted by molar-refractivity contribution is 5.94. The Morgan fingerprint density at radius 2 is 2.22 bits per heavy atom. The van der Waals surface area contributed by atoms with Crippen molar-refractivity contribution in [3.05, 3.63) is 48.2 Å². The lowest BCUT2D eigenvalue weighted by molar-refractivity contribution is 0.0592. The van der Waals surface area contributed by atoms with Crippen molar-refractivity contribution in [2.75, 3.05) is 25.9 Å². The topological polar surface area (TPSA) is 75.6 Å². The maximum atomic E-state index is 12.6. The second-order valence-electron chi connectivity index (χ2n) is 6.01. The number of carbonyl (C=O) groups is 1. The van der Waals surface area contributed by atoms with Crippen molar-refractivity contribution in [1.29, 1.82) is 0 Å². The van der Waals surface area contributed by atoms with Crippen molar-refractivity contribution in [3.8, 4) is 0 Å². The zero-order valence-corrected chi connectivity index (χ0v) is 13.3. The van der Waals surface area contributed by atoms with Gasteiger partial charge in [0.05, 0.1) is 12.7 Å². The number of hydrogen-bond acceptors (Lipinski definition) is 5. The minimum Gasteiger partial charge on any atom is -0.448 e. The lowest BCUT2D eigenvalue weighted by Gasteiger charge is -2.37. The van der Waals surface area contributed by atoms with Crippen molar-refractivity contribution >= 4 is 11.6 Å². The maximum Gasteiger partial charge on any atom is 0.253 e. The summed E-state index contributed by atoms with van der Waals surface area (Å²) in [6.07, 6.45) is 5.31. The molecule has 2 N–H and O–H groups in total. The number of rotatable bonds is 4. The fourth-order valence-corrected chi connectivity index (χ4v) is 2.98. The van der Waals surface area contributed by atoms with E-state index in [2.05, 4.69) is 9.88 Å². The number of carbonyl (C=O) groups excluding carboxylic acids is 1. The van der Waals surface area contributed by atoms with Crippen LogP contribution in [0, 0.1) is 0 Å². The molecule has 1 amide bonds. The Labute approximate surface area is 135 Å². The quantitative estimate of drug-likeness (QED) is 0.874. The number of hydrogen-bond donors (Lipinski definition) is 1. The number of benzene rings is 1. The van der Waals surface area contributed by atoms with Crippen LogP contribution in [0.4, 0.5) is 5.69 Å². The first kappa shape index (κ1) is 15.6. The Hall–Kier alpha value is -2.34. The van der Waals surface area contributed by atoms with Gasteiger partial charge in [-0.05, 0) is 44.2 Å². The summed E-state index contributed by atoms with van der Waals surface area (Å²) in [6, 6.07) is 7.43. The molecule has 2 aromatic rings. The highest BCUT2D eigenvalue weighted by atomic mass is 16.3. The molecule has 122 valence electrons. The fraction of sp³-hybridized carbons (Fsp3) is 0.412. The van der Waals surface area contributed by atoms with E-state index in [0.717, 1.165) is 25.9 Å². The average Bonchev–Trinajstić information content (AvgIpc) is 3.08. The van der Waals surface area contributed by atoms with Crippen molar-refractivity contribution in [2.24, 2.45) is 0 Å². The average molecular weight is 314 g/mol. The molecule has 1 unspecified atom stereocenters. The summed E-state index contributed by atoms with van der Waals surface area (Å²) < 4.78 is 5.30. The number of piperidine rings is 1. The van der Waals surface area contributed by atoms with Crippen LogP contribution < -0.4 is 5.73 Å². The Morgan fingerprint density at radius 3 is 2.91 bits per heavy atom. The molecule has 2 heterocycles. The van der Waals surface area contributed by atoms with Gasteiger partial charge in [0.1, 0.15) is 6.26 Å². The Bertz CT molecular complexity index is 639. The van der Waals surface area contributed by atoms with Gasteiger partial charge in [-0.1, -0.05) is 0 Å². The van der Waals surface area contributed by atoms with Gasteiger partial charge in [0.25, 0.3) is 5.91 Å². The number of nitrogens with zero attached hydrogens (tertiary/aromatic N) is 3. The van der Waals surface area contributed by atoms with Crippen LogP contribution in [0.5, 0.6) is 0 Å². The Balaban J connectivity index is 1.63. The van der Waals surface area contributed by atoms with Crippen LogP contribution in [0.1, 0.15) is 29.1 Å². The minimum atomic E-state index is 0.0687. The number of likely N-dealkylation sites (N-methyl/N-ethyl adjacent to an activating group) is 1. The zero-order valence-electron chi connectivity index (χ0n) is 13.3. The van der Waals surface area contributed by atoms with Gasteiger partial charge in [0.15, 0.2) is 0 Å². The number of amides is 1. The number of nitrogen functional groups attached to an aromatic ring is 1. The van der Waals surface area contributed by atoms with Crippen LogP contribution in [-0.4, -0.2) is 46.9 Å². The van der Waals surface area contributed by atoms with Crippen molar-refractivity contribution in [1.82, 2.24) is 14.8 Å². The summed E-state index contributed by atoms with van der Waals surface area (Å²) in [5.74, 6) is 0.772. The van der Waals surface area contributed by atoms with Gasteiger partial charge < -0.3 is 15.1 Å². The summed E-state index contributed by atoms with van der Waals surface area (Å²) in [6.45, 7) is 2.18. The lowest BCUT2D eigenvalue weighted by Crippen LogP contribution is -2.48. The molecule has 0 aliphatic carbocycles. The SMILES string of the molecule is CN(Cc1ncco1)C1CCCN(C(=O)c2ccc(N)cc2)C1. The van der Waals surface area contributed by atoms with Gasteiger partial charge in [-0.2, -0.15) is 0 Å². The first-order valence-corrected chi connectivity index (χ1v) is 7.87. The summed E-state index contributed by atoms with van der Waals surface area (Å²) in [4.78, 5) is 20.9. The van der Waals surface area contributed by atoms with Crippen LogP contribution in [0.25, 0.3) is 0 Å². The summed E-state index contributed by atoms with van der Waals surface area (Å²) in [5.41, 5.74) is 7.05. The molecule has 1 aliphatic rings. The van der Waals surface area contributed by atoms with Crippen LogP contribution >= 0.6 is 0 Å². The third-order valence-electron chi connectivity index (χ3n) is 4.33.